The fourth-order valence-corrected chi connectivity index (χ4v) is 5.14. The van der Waals surface area contributed by atoms with E-state index < -0.39 is 22.6 Å². The standard InChI is InChI=1S/C28H21N3O9/c1-3-28(40-27(34)39-18-6-4-17(5-7-18)31(35)36)21-12-23-24-16(10-15-11-19(37-2)8-9-22(15)29-24)13-30(23)25(32)20(21)14-38-26(28)33/h4-12H,3,13-14H2,1-2H3. The van der Waals surface area contributed by atoms with Gasteiger partial charge in [-0.05, 0) is 48.9 Å². The van der Waals surface area contributed by atoms with Gasteiger partial charge in [-0.25, -0.2) is 14.6 Å². The topological polar surface area (TPSA) is 149 Å². The van der Waals surface area contributed by atoms with Crippen molar-refractivity contribution in [1.29, 1.82) is 0 Å². The van der Waals surface area contributed by atoms with Gasteiger partial charge in [0.1, 0.15) is 18.1 Å². The normalized spacial score (nSPS) is 16.9. The molecule has 0 bridgehead atoms. The van der Waals surface area contributed by atoms with Crippen molar-refractivity contribution in [3.05, 3.63) is 91.8 Å². The van der Waals surface area contributed by atoms with E-state index in [1.807, 2.05) is 18.2 Å². The minimum absolute atomic E-state index is 0.0260. The van der Waals surface area contributed by atoms with Crippen LogP contribution in [-0.4, -0.2) is 33.7 Å². The number of ether oxygens (including phenoxy) is 4. The molecule has 0 aliphatic carbocycles. The van der Waals surface area contributed by atoms with Gasteiger partial charge in [0.05, 0.1) is 41.0 Å². The van der Waals surface area contributed by atoms with Gasteiger partial charge >= 0.3 is 12.1 Å². The lowest BCUT2D eigenvalue weighted by Crippen LogP contribution is -2.47. The van der Waals surface area contributed by atoms with Gasteiger partial charge in [0.25, 0.3) is 11.2 Å². The smallest absolute Gasteiger partial charge is 0.497 e. The number of nitrogens with zero attached hydrogens (tertiary/aromatic N) is 3. The van der Waals surface area contributed by atoms with E-state index >= 15 is 0 Å². The highest BCUT2D eigenvalue weighted by molar-refractivity contribution is 5.88. The summed E-state index contributed by atoms with van der Waals surface area (Å²) in [6.45, 7) is 1.61. The molecule has 4 aromatic rings. The van der Waals surface area contributed by atoms with Crippen molar-refractivity contribution in [3.63, 3.8) is 0 Å². The van der Waals surface area contributed by atoms with Gasteiger partial charge in [-0.1, -0.05) is 6.92 Å². The van der Waals surface area contributed by atoms with E-state index in [-0.39, 0.29) is 47.7 Å². The number of hydrogen-bond acceptors (Lipinski definition) is 10. The van der Waals surface area contributed by atoms with Crippen LogP contribution in [0.1, 0.15) is 30.0 Å². The molecule has 0 saturated heterocycles. The second-order valence-corrected chi connectivity index (χ2v) is 9.33. The van der Waals surface area contributed by atoms with Crippen LogP contribution in [0, 0.1) is 10.1 Å². The molecule has 0 spiro atoms. The molecule has 0 amide bonds. The first kappa shape index (κ1) is 25.0. The molecule has 40 heavy (non-hydrogen) atoms. The third-order valence-electron chi connectivity index (χ3n) is 7.19. The molecule has 4 heterocycles. The van der Waals surface area contributed by atoms with Crippen LogP contribution in [0.3, 0.4) is 0 Å². The zero-order chi connectivity index (χ0) is 28.2. The van der Waals surface area contributed by atoms with Crippen LogP contribution in [0.5, 0.6) is 11.5 Å². The highest BCUT2D eigenvalue weighted by Gasteiger charge is 2.51. The van der Waals surface area contributed by atoms with Crippen molar-refractivity contribution in [1.82, 2.24) is 9.55 Å². The van der Waals surface area contributed by atoms with Gasteiger partial charge in [0, 0.05) is 28.6 Å². The van der Waals surface area contributed by atoms with Crippen molar-refractivity contribution in [3.8, 4) is 22.9 Å². The molecule has 202 valence electrons. The lowest BCUT2D eigenvalue weighted by molar-refractivity contribution is -0.384. The highest BCUT2D eigenvalue weighted by atomic mass is 16.7. The molecule has 0 fully saturated rings. The van der Waals surface area contributed by atoms with E-state index in [1.54, 1.807) is 30.7 Å². The number of fused-ring (bicyclic) bond motifs is 5. The Balaban J connectivity index is 1.40. The zero-order valence-corrected chi connectivity index (χ0v) is 21.3. The first-order valence-electron chi connectivity index (χ1n) is 12.3. The Morgan fingerprint density at radius 1 is 1.12 bits per heavy atom. The monoisotopic (exact) mass is 543 g/mol. The summed E-state index contributed by atoms with van der Waals surface area (Å²) in [7, 11) is 1.58. The lowest BCUT2D eigenvalue weighted by Gasteiger charge is -2.35. The van der Waals surface area contributed by atoms with Crippen LogP contribution in [0.25, 0.3) is 22.3 Å². The number of carbonyl (C=O) groups excluding carboxylic acids is 2. The number of pyridine rings is 2. The molecule has 0 N–H and O–H groups in total. The number of non-ortho nitro benzene ring substituents is 1. The number of rotatable bonds is 5. The molecule has 12 nitrogen and oxygen atoms in total. The Morgan fingerprint density at radius 3 is 2.58 bits per heavy atom. The van der Waals surface area contributed by atoms with Crippen LogP contribution in [0.15, 0.2) is 59.4 Å². The van der Waals surface area contributed by atoms with Gasteiger partial charge < -0.3 is 23.5 Å². The summed E-state index contributed by atoms with van der Waals surface area (Å²) >= 11 is 0. The lowest BCUT2D eigenvalue weighted by atomic mass is 9.85. The van der Waals surface area contributed by atoms with E-state index in [0.717, 1.165) is 23.1 Å². The largest absolute Gasteiger partial charge is 0.515 e. The van der Waals surface area contributed by atoms with Crippen molar-refractivity contribution < 1.29 is 33.5 Å². The Labute approximate surface area is 225 Å². The summed E-state index contributed by atoms with van der Waals surface area (Å²) in [4.78, 5) is 54.7. The molecule has 2 aromatic carbocycles. The molecular formula is C28H21N3O9. The third kappa shape index (κ3) is 3.83. The highest BCUT2D eigenvalue weighted by Crippen LogP contribution is 2.41. The number of nitro benzene ring substituents is 1. The van der Waals surface area contributed by atoms with Gasteiger partial charge in [0.2, 0.25) is 5.60 Å². The average Bonchev–Trinajstić information content (AvgIpc) is 3.31. The Kier molecular flexibility index (Phi) is 5.75. The molecule has 2 aliphatic heterocycles. The first-order chi connectivity index (χ1) is 19.2. The molecule has 0 radical (unpaired) electrons. The molecule has 6 rings (SSSR count). The van der Waals surface area contributed by atoms with Crippen LogP contribution in [0.4, 0.5) is 10.5 Å². The number of aromatic nitrogens is 2. The number of esters is 1. The number of nitro groups is 1. The van der Waals surface area contributed by atoms with Gasteiger partial charge in [0.15, 0.2) is 0 Å². The van der Waals surface area contributed by atoms with E-state index in [0.29, 0.717) is 22.7 Å². The Hall–Kier alpha value is -5.26. The number of hydrogen-bond donors (Lipinski definition) is 0. The van der Waals surface area contributed by atoms with E-state index in [4.69, 9.17) is 23.9 Å². The predicted molar refractivity (Wildman–Crippen MR) is 139 cm³/mol. The maximum Gasteiger partial charge on any atom is 0.515 e. The molecule has 12 heteroatoms. The maximum atomic E-state index is 13.6. The summed E-state index contributed by atoms with van der Waals surface area (Å²) in [6, 6.07) is 13.8. The van der Waals surface area contributed by atoms with E-state index in [9.17, 15) is 24.5 Å². The van der Waals surface area contributed by atoms with Crippen LogP contribution < -0.4 is 15.0 Å². The number of benzene rings is 2. The zero-order valence-electron chi connectivity index (χ0n) is 21.3. The second-order valence-electron chi connectivity index (χ2n) is 9.33. The molecule has 1 atom stereocenters. The number of methoxy groups -OCH3 is 1. The number of carbonyl (C=O) groups is 2. The summed E-state index contributed by atoms with van der Waals surface area (Å²) in [5.74, 6) is -0.190. The van der Waals surface area contributed by atoms with Gasteiger partial charge in [-0.2, -0.15) is 0 Å². The van der Waals surface area contributed by atoms with Crippen molar-refractivity contribution >= 4 is 28.7 Å². The summed E-state index contributed by atoms with van der Waals surface area (Å²) in [5, 5.41) is 11.7. The molecule has 2 aromatic heterocycles. The maximum absolute atomic E-state index is 13.6. The summed E-state index contributed by atoms with van der Waals surface area (Å²) in [5.41, 5.74) is 0.435. The molecule has 2 aliphatic rings. The first-order valence-corrected chi connectivity index (χ1v) is 12.3. The Morgan fingerprint density at radius 2 is 1.88 bits per heavy atom. The van der Waals surface area contributed by atoms with Crippen molar-refractivity contribution in [2.24, 2.45) is 0 Å². The van der Waals surface area contributed by atoms with Gasteiger partial charge in [-0.15, -0.1) is 0 Å². The SMILES string of the molecule is CCC1(OC(=O)Oc2ccc([N+](=O)[O-])cc2)C(=O)OCc2c1cc1n(c2=O)Cc2cc3cc(OC)ccc3nc2-1. The molecule has 1 unspecified atom stereocenters. The third-order valence-corrected chi connectivity index (χ3v) is 7.19. The minimum atomic E-state index is -1.95. The predicted octanol–water partition coefficient (Wildman–Crippen LogP) is 4.22. The van der Waals surface area contributed by atoms with Crippen LogP contribution >= 0.6 is 0 Å². The summed E-state index contributed by atoms with van der Waals surface area (Å²) < 4.78 is 23.0. The van der Waals surface area contributed by atoms with Gasteiger partial charge in [-0.3, -0.25) is 14.9 Å². The van der Waals surface area contributed by atoms with Crippen LogP contribution in [-0.2, 0) is 33.0 Å². The molecule has 0 saturated carbocycles. The minimum Gasteiger partial charge on any atom is -0.497 e. The fourth-order valence-electron chi connectivity index (χ4n) is 5.14. The average molecular weight is 543 g/mol. The fraction of sp³-hybridized carbons (Fsp3) is 0.214. The quantitative estimate of drug-likeness (QED) is 0.136. The second kappa shape index (κ2) is 9.19. The summed E-state index contributed by atoms with van der Waals surface area (Å²) in [6.07, 6.45) is -1.28. The van der Waals surface area contributed by atoms with Crippen molar-refractivity contribution in [2.45, 2.75) is 32.1 Å². The van der Waals surface area contributed by atoms with E-state index in [1.165, 1.54) is 12.1 Å². The van der Waals surface area contributed by atoms with Crippen LogP contribution in [0.2, 0.25) is 0 Å². The van der Waals surface area contributed by atoms with Crippen molar-refractivity contribution in [2.75, 3.05) is 7.11 Å². The Bertz CT molecular complexity index is 1800. The molecular weight excluding hydrogens is 522 g/mol. The number of cyclic esters (lactones) is 1. The van der Waals surface area contributed by atoms with E-state index in [2.05, 4.69) is 0 Å².